The third-order valence-corrected chi connectivity index (χ3v) is 6.04. The van der Waals surface area contributed by atoms with Crippen LogP contribution < -0.4 is 10.2 Å². The molecule has 0 saturated carbocycles. The van der Waals surface area contributed by atoms with Crippen molar-refractivity contribution < 1.29 is 19.0 Å². The summed E-state index contributed by atoms with van der Waals surface area (Å²) < 4.78 is 20.0. The maximum atomic E-state index is 13.8. The number of piperidine rings is 1. The van der Waals surface area contributed by atoms with Gasteiger partial charge in [0.05, 0.1) is 11.7 Å². The van der Waals surface area contributed by atoms with Gasteiger partial charge in [-0.3, -0.25) is 4.79 Å². The molecule has 4 heterocycles. The van der Waals surface area contributed by atoms with Gasteiger partial charge >= 0.3 is 0 Å². The van der Waals surface area contributed by atoms with Crippen LogP contribution >= 0.6 is 0 Å². The Hall–Kier alpha value is -3.19. The third-order valence-electron chi connectivity index (χ3n) is 6.04. The quantitative estimate of drug-likeness (QED) is 0.723. The number of anilines is 2. The van der Waals surface area contributed by atoms with Gasteiger partial charge in [-0.2, -0.15) is 0 Å². The van der Waals surface area contributed by atoms with Crippen molar-refractivity contribution in [2.24, 2.45) is 0 Å². The van der Waals surface area contributed by atoms with Crippen molar-refractivity contribution in [1.82, 2.24) is 4.98 Å². The maximum absolute atomic E-state index is 13.8. The summed E-state index contributed by atoms with van der Waals surface area (Å²) in [6.45, 7) is 5.33. The minimum Gasteiger partial charge on any atom is -0.482 e. The molecule has 1 amide bonds. The Balaban J connectivity index is 1.50. The highest BCUT2D eigenvalue weighted by atomic mass is 19.1. The lowest BCUT2D eigenvalue weighted by Gasteiger charge is -2.31. The number of nitrogens with one attached hydrogen (secondary N) is 1. The monoisotopic (exact) mass is 421 g/mol. The van der Waals surface area contributed by atoms with Crippen LogP contribution in [0.3, 0.4) is 0 Å². The van der Waals surface area contributed by atoms with E-state index in [4.69, 9.17) is 4.74 Å². The van der Waals surface area contributed by atoms with E-state index in [2.05, 4.69) is 15.2 Å². The second kappa shape index (κ2) is 7.20. The number of hydrogen-bond acceptors (Lipinski definition) is 5. The number of aliphatic hydroxyl groups excluding tert-OH is 1. The molecule has 2 N–H and O–H groups in total. The molecule has 1 unspecified atom stereocenters. The van der Waals surface area contributed by atoms with Crippen LogP contribution in [0, 0.1) is 5.82 Å². The summed E-state index contributed by atoms with van der Waals surface area (Å²) in [5.74, 6) is 0.543. The number of aromatic nitrogens is 1. The first-order valence-electron chi connectivity index (χ1n) is 10.5. The molecule has 7 heteroatoms. The Kier molecular flexibility index (Phi) is 4.59. The zero-order chi connectivity index (χ0) is 21.8. The van der Waals surface area contributed by atoms with E-state index in [1.807, 2.05) is 32.1 Å². The number of amides is 1. The molecule has 6 nitrogen and oxygen atoms in total. The van der Waals surface area contributed by atoms with E-state index in [9.17, 15) is 14.3 Å². The largest absolute Gasteiger partial charge is 0.482 e. The fourth-order valence-corrected chi connectivity index (χ4v) is 4.50. The molecule has 1 aromatic carbocycles. The summed E-state index contributed by atoms with van der Waals surface area (Å²) in [5.41, 5.74) is 2.52. The molecule has 160 valence electrons. The molecule has 0 spiro atoms. The van der Waals surface area contributed by atoms with Crippen LogP contribution in [0.5, 0.6) is 0 Å². The number of hydrogen-bond donors (Lipinski definition) is 2. The summed E-state index contributed by atoms with van der Waals surface area (Å²) in [6, 6.07) is 8.16. The summed E-state index contributed by atoms with van der Waals surface area (Å²) in [7, 11) is 0. The second-order valence-corrected chi connectivity index (χ2v) is 8.70. The lowest BCUT2D eigenvalue weighted by atomic mass is 9.93. The number of pyridine rings is 1. The molecule has 1 fully saturated rings. The fourth-order valence-electron chi connectivity index (χ4n) is 4.50. The number of allylic oxidation sites excluding steroid dienone is 1. The number of rotatable bonds is 2. The molecule has 0 radical (unpaired) electrons. The second-order valence-electron chi connectivity index (χ2n) is 8.70. The van der Waals surface area contributed by atoms with Crippen LogP contribution in [-0.2, 0) is 9.53 Å². The maximum Gasteiger partial charge on any atom is 0.260 e. The van der Waals surface area contributed by atoms with Crippen LogP contribution in [0.1, 0.15) is 37.8 Å². The Labute approximate surface area is 180 Å². The van der Waals surface area contributed by atoms with Gasteiger partial charge in [0, 0.05) is 41.7 Å². The standard InChI is InChI=1S/C24H24FN3O3/c1-24(2)18(14-5-8-21(26-12-14)28-9-3-4-16(29)13-28)11-20(31-24)22-17-10-15(25)6-7-19(17)27-23(22)30/h5-8,10-12,16,29H,3-4,9,13H2,1-2H3,(H,27,30)/b22-20+. The van der Waals surface area contributed by atoms with Crippen molar-refractivity contribution in [2.75, 3.05) is 23.3 Å². The van der Waals surface area contributed by atoms with Gasteiger partial charge in [-0.15, -0.1) is 0 Å². The number of aliphatic hydroxyl groups is 1. The van der Waals surface area contributed by atoms with E-state index >= 15 is 0 Å². The van der Waals surface area contributed by atoms with Crippen LogP contribution in [0.25, 0.3) is 11.1 Å². The zero-order valence-corrected chi connectivity index (χ0v) is 17.5. The Bertz CT molecular complexity index is 1120. The van der Waals surface area contributed by atoms with Crippen molar-refractivity contribution >= 4 is 28.6 Å². The van der Waals surface area contributed by atoms with Crippen LogP contribution in [-0.4, -0.2) is 40.8 Å². The molecule has 1 aromatic heterocycles. The van der Waals surface area contributed by atoms with Gasteiger partial charge in [-0.05, 0) is 63.1 Å². The first kappa shape index (κ1) is 19.8. The van der Waals surface area contributed by atoms with Crippen LogP contribution in [0.4, 0.5) is 15.9 Å². The highest BCUT2D eigenvalue weighted by Crippen LogP contribution is 2.44. The van der Waals surface area contributed by atoms with E-state index in [0.29, 0.717) is 29.1 Å². The molecule has 1 saturated heterocycles. The van der Waals surface area contributed by atoms with Gasteiger partial charge < -0.3 is 20.1 Å². The number of carbonyl (C=O) groups excluding carboxylic acids is 1. The first-order chi connectivity index (χ1) is 14.8. The molecule has 0 aliphatic carbocycles. The summed E-state index contributed by atoms with van der Waals surface area (Å²) in [4.78, 5) is 19.3. The zero-order valence-electron chi connectivity index (χ0n) is 17.5. The third kappa shape index (κ3) is 3.49. The number of fused-ring (bicyclic) bond motifs is 1. The van der Waals surface area contributed by atoms with Crippen molar-refractivity contribution in [3.05, 3.63) is 65.3 Å². The number of ether oxygens (including phenoxy) is 1. The molecule has 31 heavy (non-hydrogen) atoms. The van der Waals surface area contributed by atoms with Gasteiger partial charge in [0.25, 0.3) is 5.91 Å². The van der Waals surface area contributed by atoms with Gasteiger partial charge in [0.15, 0.2) is 0 Å². The van der Waals surface area contributed by atoms with Gasteiger partial charge in [0.2, 0.25) is 0 Å². The summed E-state index contributed by atoms with van der Waals surface area (Å²) in [5, 5.41) is 12.7. The minimum atomic E-state index is -0.677. The van der Waals surface area contributed by atoms with Gasteiger partial charge in [-0.25, -0.2) is 9.37 Å². The SMILES string of the molecule is CC1(C)O/C(=C2/C(=O)Nc3ccc(F)cc32)C=C1c1ccc(N2CCCC(O)C2)nc1. The van der Waals surface area contributed by atoms with E-state index in [-0.39, 0.29) is 12.0 Å². The molecule has 3 aliphatic rings. The lowest BCUT2D eigenvalue weighted by Crippen LogP contribution is -2.38. The van der Waals surface area contributed by atoms with E-state index in [0.717, 1.165) is 36.3 Å². The molecular formula is C24H24FN3O3. The van der Waals surface area contributed by atoms with E-state index in [1.54, 1.807) is 12.3 Å². The molecule has 5 rings (SSSR count). The number of nitrogens with zero attached hydrogens (tertiary/aromatic N) is 2. The first-order valence-corrected chi connectivity index (χ1v) is 10.5. The van der Waals surface area contributed by atoms with Crippen molar-refractivity contribution in [1.29, 1.82) is 0 Å². The predicted octanol–water partition coefficient (Wildman–Crippen LogP) is 3.74. The van der Waals surface area contributed by atoms with Crippen LogP contribution in [0.15, 0.2) is 48.4 Å². The summed E-state index contributed by atoms with van der Waals surface area (Å²) >= 11 is 0. The van der Waals surface area contributed by atoms with Crippen LogP contribution in [0.2, 0.25) is 0 Å². The van der Waals surface area contributed by atoms with Crippen molar-refractivity contribution in [3.8, 4) is 0 Å². The average Bonchev–Trinajstić information content (AvgIpc) is 3.22. The smallest absolute Gasteiger partial charge is 0.260 e. The summed E-state index contributed by atoms with van der Waals surface area (Å²) in [6.07, 6.45) is 5.09. The molecule has 1 atom stereocenters. The Morgan fingerprint density at radius 2 is 2.13 bits per heavy atom. The van der Waals surface area contributed by atoms with E-state index in [1.165, 1.54) is 12.1 Å². The highest BCUT2D eigenvalue weighted by molar-refractivity contribution is 6.32. The van der Waals surface area contributed by atoms with Gasteiger partial charge in [-0.1, -0.05) is 0 Å². The number of halogens is 1. The van der Waals surface area contributed by atoms with Crippen molar-refractivity contribution in [2.45, 2.75) is 38.4 Å². The topological polar surface area (TPSA) is 74.7 Å². The van der Waals surface area contributed by atoms with Gasteiger partial charge in [0.1, 0.15) is 23.0 Å². The molecule has 3 aliphatic heterocycles. The van der Waals surface area contributed by atoms with E-state index < -0.39 is 11.4 Å². The normalized spacial score (nSPS) is 24.5. The molecule has 0 bridgehead atoms. The predicted molar refractivity (Wildman–Crippen MR) is 117 cm³/mol. The Morgan fingerprint density at radius 1 is 1.29 bits per heavy atom. The molecular weight excluding hydrogens is 397 g/mol. The number of β-amino-alcohol motifs (C(OH)–C–C–N with tert-alkyl or cyclic N) is 1. The minimum absolute atomic E-state index is 0.305. The average molecular weight is 421 g/mol. The number of benzene rings is 1. The number of carbonyl (C=O) groups is 1. The fraction of sp³-hybridized carbons (Fsp3) is 0.333. The van der Waals surface area contributed by atoms with Crippen molar-refractivity contribution in [3.63, 3.8) is 0 Å². The lowest BCUT2D eigenvalue weighted by molar-refractivity contribution is -0.111. The highest BCUT2D eigenvalue weighted by Gasteiger charge is 2.38. The Morgan fingerprint density at radius 3 is 2.87 bits per heavy atom. The molecule has 2 aromatic rings.